The third kappa shape index (κ3) is 3.11. The molecule has 0 amide bonds. The van der Waals surface area contributed by atoms with E-state index in [1.54, 1.807) is 11.8 Å². The molecule has 1 atom stereocenters. The van der Waals surface area contributed by atoms with E-state index < -0.39 is 12.0 Å². The highest BCUT2D eigenvalue weighted by Gasteiger charge is 2.20. The Kier molecular flexibility index (Phi) is 3.86. The molecule has 1 aromatic carbocycles. The molecule has 0 saturated heterocycles. The second kappa shape index (κ2) is 5.38. The lowest BCUT2D eigenvalue weighted by Crippen LogP contribution is -2.30. The fraction of sp³-hybridized carbons (Fsp3) is 0.308. The van der Waals surface area contributed by atoms with Gasteiger partial charge in [0.1, 0.15) is 6.04 Å². The van der Waals surface area contributed by atoms with Crippen LogP contribution >= 0.6 is 11.8 Å². The van der Waals surface area contributed by atoms with Crippen LogP contribution in [0.5, 0.6) is 0 Å². The SMILES string of the molecule is CSc1ccc(CC2=C[C@@H](C(=O)O)NC2)cc1. The molecule has 0 aromatic heterocycles. The molecule has 0 aliphatic carbocycles. The monoisotopic (exact) mass is 249 g/mol. The number of carboxylic acid groups (broad SMARTS) is 1. The average molecular weight is 249 g/mol. The molecule has 4 heteroatoms. The molecule has 0 saturated carbocycles. The first kappa shape index (κ1) is 12.2. The molecule has 90 valence electrons. The van der Waals surface area contributed by atoms with Gasteiger partial charge in [-0.1, -0.05) is 23.8 Å². The molecule has 3 nitrogen and oxygen atoms in total. The number of hydrogen-bond donors (Lipinski definition) is 2. The number of carboxylic acids is 1. The molecule has 17 heavy (non-hydrogen) atoms. The summed E-state index contributed by atoms with van der Waals surface area (Å²) in [6.07, 6.45) is 4.69. The molecular formula is C13H15NO2S. The summed E-state index contributed by atoms with van der Waals surface area (Å²) >= 11 is 1.72. The van der Waals surface area contributed by atoms with Crippen LogP contribution in [0.2, 0.25) is 0 Å². The van der Waals surface area contributed by atoms with Gasteiger partial charge in [0.05, 0.1) is 0 Å². The summed E-state index contributed by atoms with van der Waals surface area (Å²) in [5.74, 6) is -0.808. The minimum atomic E-state index is -0.808. The van der Waals surface area contributed by atoms with Gasteiger partial charge in [0.25, 0.3) is 0 Å². The molecule has 2 N–H and O–H groups in total. The zero-order valence-corrected chi connectivity index (χ0v) is 10.5. The highest BCUT2D eigenvalue weighted by molar-refractivity contribution is 7.98. The third-order valence-corrected chi connectivity index (χ3v) is 3.55. The Morgan fingerprint density at radius 1 is 1.47 bits per heavy atom. The summed E-state index contributed by atoms with van der Waals surface area (Å²) in [6, 6.07) is 7.87. The van der Waals surface area contributed by atoms with Gasteiger partial charge in [-0.2, -0.15) is 0 Å². The lowest BCUT2D eigenvalue weighted by Gasteiger charge is -2.03. The predicted octanol–water partition coefficient (Wildman–Crippen LogP) is 1.93. The molecule has 0 fully saturated rings. The van der Waals surface area contributed by atoms with E-state index in [1.165, 1.54) is 10.5 Å². The van der Waals surface area contributed by atoms with Crippen LogP contribution in [-0.4, -0.2) is 29.9 Å². The lowest BCUT2D eigenvalue weighted by molar-refractivity contribution is -0.137. The third-order valence-electron chi connectivity index (χ3n) is 2.81. The molecule has 0 radical (unpaired) electrons. The van der Waals surface area contributed by atoms with Gasteiger partial charge in [-0.05, 0) is 30.4 Å². The maximum Gasteiger partial charge on any atom is 0.324 e. The number of carbonyl (C=O) groups is 1. The number of nitrogens with one attached hydrogen (secondary N) is 1. The van der Waals surface area contributed by atoms with Crippen LogP contribution in [0.25, 0.3) is 0 Å². The van der Waals surface area contributed by atoms with E-state index in [0.29, 0.717) is 6.54 Å². The van der Waals surface area contributed by atoms with Crippen molar-refractivity contribution < 1.29 is 9.90 Å². The molecule has 1 heterocycles. The van der Waals surface area contributed by atoms with Crippen molar-refractivity contribution in [2.75, 3.05) is 12.8 Å². The fourth-order valence-electron chi connectivity index (χ4n) is 1.88. The van der Waals surface area contributed by atoms with Crippen molar-refractivity contribution in [3.8, 4) is 0 Å². The van der Waals surface area contributed by atoms with Gasteiger partial charge < -0.3 is 5.11 Å². The first-order chi connectivity index (χ1) is 8.19. The van der Waals surface area contributed by atoms with E-state index in [9.17, 15) is 4.79 Å². The van der Waals surface area contributed by atoms with Gasteiger partial charge in [0.2, 0.25) is 0 Å². The Morgan fingerprint density at radius 3 is 2.71 bits per heavy atom. The van der Waals surface area contributed by atoms with Gasteiger partial charge in [-0.15, -0.1) is 11.8 Å². The standard InChI is InChI=1S/C13H15NO2S/c1-17-11-4-2-9(3-5-11)6-10-7-12(13(15)16)14-8-10/h2-5,7,12,14H,6,8H2,1H3,(H,15,16)/t12-/m0/s1. The number of hydrogen-bond acceptors (Lipinski definition) is 3. The van der Waals surface area contributed by atoms with Crippen molar-refractivity contribution in [3.63, 3.8) is 0 Å². The molecule has 2 rings (SSSR count). The maximum atomic E-state index is 10.8. The summed E-state index contributed by atoms with van der Waals surface area (Å²) in [5.41, 5.74) is 2.37. The summed E-state index contributed by atoms with van der Waals surface area (Å²) in [4.78, 5) is 12.0. The normalized spacial score (nSPS) is 19.1. The zero-order valence-electron chi connectivity index (χ0n) is 9.64. The maximum absolute atomic E-state index is 10.8. The first-order valence-corrected chi connectivity index (χ1v) is 6.70. The second-order valence-electron chi connectivity index (χ2n) is 4.05. The van der Waals surface area contributed by atoms with Crippen LogP contribution in [0.4, 0.5) is 0 Å². The van der Waals surface area contributed by atoms with E-state index in [1.807, 2.05) is 6.08 Å². The van der Waals surface area contributed by atoms with Crippen LogP contribution < -0.4 is 5.32 Å². The highest BCUT2D eigenvalue weighted by atomic mass is 32.2. The highest BCUT2D eigenvalue weighted by Crippen LogP contribution is 2.18. The van der Waals surface area contributed by atoms with Crippen LogP contribution in [0.15, 0.2) is 40.8 Å². The van der Waals surface area contributed by atoms with Crippen LogP contribution in [0, 0.1) is 0 Å². The fourth-order valence-corrected chi connectivity index (χ4v) is 2.29. The largest absolute Gasteiger partial charge is 0.480 e. The topological polar surface area (TPSA) is 49.3 Å². The van der Waals surface area contributed by atoms with Crippen molar-refractivity contribution in [1.29, 1.82) is 0 Å². The van der Waals surface area contributed by atoms with Gasteiger partial charge in [-0.25, -0.2) is 0 Å². The smallest absolute Gasteiger partial charge is 0.324 e. The molecule has 1 aliphatic rings. The number of benzene rings is 1. The molecule has 1 aliphatic heterocycles. The summed E-state index contributed by atoms with van der Waals surface area (Å²) in [5, 5.41) is 11.8. The molecule has 0 unspecified atom stereocenters. The summed E-state index contributed by atoms with van der Waals surface area (Å²) in [6.45, 7) is 0.668. The Balaban J connectivity index is 2.01. The van der Waals surface area contributed by atoms with Crippen molar-refractivity contribution in [3.05, 3.63) is 41.5 Å². The number of aliphatic carboxylic acids is 1. The molecule has 1 aromatic rings. The number of rotatable bonds is 4. The first-order valence-electron chi connectivity index (χ1n) is 5.48. The minimum absolute atomic E-state index is 0.518. The predicted molar refractivity (Wildman–Crippen MR) is 69.4 cm³/mol. The van der Waals surface area contributed by atoms with Gasteiger partial charge in [0.15, 0.2) is 0 Å². The lowest BCUT2D eigenvalue weighted by atomic mass is 10.1. The van der Waals surface area contributed by atoms with Gasteiger partial charge >= 0.3 is 5.97 Å². The van der Waals surface area contributed by atoms with Crippen molar-refractivity contribution >= 4 is 17.7 Å². The Bertz CT molecular complexity index is 439. The zero-order chi connectivity index (χ0) is 12.3. The van der Waals surface area contributed by atoms with E-state index in [0.717, 1.165) is 12.0 Å². The van der Waals surface area contributed by atoms with Crippen LogP contribution in [0.1, 0.15) is 5.56 Å². The second-order valence-corrected chi connectivity index (χ2v) is 4.93. The Labute approximate surface area is 105 Å². The number of thioether (sulfide) groups is 1. The summed E-state index contributed by atoms with van der Waals surface area (Å²) in [7, 11) is 0. The van der Waals surface area contributed by atoms with Crippen molar-refractivity contribution in [1.82, 2.24) is 5.32 Å². The van der Waals surface area contributed by atoms with E-state index in [4.69, 9.17) is 5.11 Å². The Hall–Kier alpha value is -1.26. The van der Waals surface area contributed by atoms with E-state index >= 15 is 0 Å². The summed E-state index contributed by atoms with van der Waals surface area (Å²) < 4.78 is 0. The Morgan fingerprint density at radius 2 is 2.18 bits per heavy atom. The van der Waals surface area contributed by atoms with Gasteiger partial charge in [-0.3, -0.25) is 10.1 Å². The quantitative estimate of drug-likeness (QED) is 0.632. The molecular weight excluding hydrogens is 234 g/mol. The van der Waals surface area contributed by atoms with Crippen LogP contribution in [0.3, 0.4) is 0 Å². The van der Waals surface area contributed by atoms with Crippen LogP contribution in [-0.2, 0) is 11.2 Å². The molecule has 0 spiro atoms. The average Bonchev–Trinajstić information content (AvgIpc) is 2.79. The van der Waals surface area contributed by atoms with Gasteiger partial charge in [0, 0.05) is 11.4 Å². The minimum Gasteiger partial charge on any atom is -0.480 e. The van der Waals surface area contributed by atoms with E-state index in [2.05, 4.69) is 35.8 Å². The molecule has 0 bridgehead atoms. The van der Waals surface area contributed by atoms with E-state index in [-0.39, 0.29) is 0 Å². The van der Waals surface area contributed by atoms with Crippen molar-refractivity contribution in [2.45, 2.75) is 17.4 Å². The van der Waals surface area contributed by atoms with Crippen molar-refractivity contribution in [2.24, 2.45) is 0 Å².